The average Bonchev–Trinajstić information content (AvgIpc) is 2.76. The summed E-state index contributed by atoms with van der Waals surface area (Å²) < 4.78 is 0. The number of rotatable bonds is 0. The van der Waals surface area contributed by atoms with E-state index < -0.39 is 6.03 Å². The lowest BCUT2D eigenvalue weighted by atomic mass is 10.3. The van der Waals surface area contributed by atoms with Crippen molar-refractivity contribution >= 4 is 17.1 Å². The number of hydrogen-bond donors (Lipinski definition) is 5. The molecule has 7 nitrogen and oxygen atoms in total. The minimum absolute atomic E-state index is 0.602. The summed E-state index contributed by atoms with van der Waals surface area (Å²) in [5.41, 5.74) is 5.60. The first-order chi connectivity index (χ1) is 7.27. The van der Waals surface area contributed by atoms with Crippen molar-refractivity contribution in [1.82, 2.24) is 20.8 Å². The van der Waals surface area contributed by atoms with Crippen molar-refractivity contribution in [1.29, 1.82) is 0 Å². The zero-order valence-electron chi connectivity index (χ0n) is 7.90. The van der Waals surface area contributed by atoms with Crippen LogP contribution in [-0.4, -0.2) is 16.0 Å². The van der Waals surface area contributed by atoms with Crippen molar-refractivity contribution in [3.05, 3.63) is 30.6 Å². The fraction of sp³-hybridized carbons (Fsp3) is 0. The highest BCUT2D eigenvalue weighted by molar-refractivity contribution is 5.73. The van der Waals surface area contributed by atoms with Crippen LogP contribution in [0.2, 0.25) is 0 Å². The molecule has 0 saturated carbocycles. The Morgan fingerprint density at radius 3 is 2.47 bits per heavy atom. The normalized spacial score (nSPS) is 8.93. The summed E-state index contributed by atoms with van der Waals surface area (Å²) in [5.74, 6) is 9.08. The molecular formula is C8H12N6O. The number of benzene rings is 1. The summed E-state index contributed by atoms with van der Waals surface area (Å²) in [6, 6.07) is 7.34. The van der Waals surface area contributed by atoms with Crippen molar-refractivity contribution in [2.24, 2.45) is 11.7 Å². The Morgan fingerprint density at radius 2 is 1.93 bits per heavy atom. The SMILES string of the molecule is NNC(=O)NN.c1ccc2[nH]cnc2c1. The highest BCUT2D eigenvalue weighted by Gasteiger charge is 1.88. The number of para-hydroxylation sites is 2. The van der Waals surface area contributed by atoms with Gasteiger partial charge in [-0.15, -0.1) is 0 Å². The van der Waals surface area contributed by atoms with Gasteiger partial charge in [0.2, 0.25) is 0 Å². The first kappa shape index (κ1) is 11.0. The van der Waals surface area contributed by atoms with Gasteiger partial charge in [0.1, 0.15) is 0 Å². The van der Waals surface area contributed by atoms with Gasteiger partial charge in [-0.3, -0.25) is 10.9 Å². The molecule has 1 aromatic carbocycles. The van der Waals surface area contributed by atoms with Crippen LogP contribution >= 0.6 is 0 Å². The number of imidazole rings is 1. The van der Waals surface area contributed by atoms with Crippen LogP contribution in [0.25, 0.3) is 11.0 Å². The van der Waals surface area contributed by atoms with Gasteiger partial charge in [0, 0.05) is 0 Å². The number of hydrazine groups is 2. The van der Waals surface area contributed by atoms with E-state index in [9.17, 15) is 4.79 Å². The molecular weight excluding hydrogens is 196 g/mol. The summed E-state index contributed by atoms with van der Waals surface area (Å²) in [6.45, 7) is 0. The molecule has 1 heterocycles. The molecule has 0 fully saturated rings. The van der Waals surface area contributed by atoms with Crippen LogP contribution in [0.4, 0.5) is 4.79 Å². The Morgan fingerprint density at radius 1 is 1.27 bits per heavy atom. The second kappa shape index (κ2) is 5.58. The molecule has 0 aliphatic carbocycles. The molecule has 2 rings (SSSR count). The van der Waals surface area contributed by atoms with E-state index in [0.29, 0.717) is 0 Å². The fourth-order valence-electron chi connectivity index (χ4n) is 0.921. The van der Waals surface area contributed by atoms with E-state index in [-0.39, 0.29) is 0 Å². The number of H-pyrrole nitrogens is 1. The highest BCUT2D eigenvalue weighted by atomic mass is 16.2. The Kier molecular flexibility index (Phi) is 4.07. The van der Waals surface area contributed by atoms with Gasteiger partial charge in [-0.25, -0.2) is 21.5 Å². The summed E-state index contributed by atoms with van der Waals surface area (Å²) in [6.07, 6.45) is 1.70. The molecule has 2 aromatic rings. The van der Waals surface area contributed by atoms with E-state index in [1.165, 1.54) is 0 Å². The predicted molar refractivity (Wildman–Crippen MR) is 56.1 cm³/mol. The maximum Gasteiger partial charge on any atom is 0.343 e. The van der Waals surface area contributed by atoms with Crippen LogP contribution in [0.5, 0.6) is 0 Å². The van der Waals surface area contributed by atoms with Crippen LogP contribution in [0.15, 0.2) is 30.6 Å². The van der Waals surface area contributed by atoms with Gasteiger partial charge in [-0.1, -0.05) is 12.1 Å². The third-order valence-electron chi connectivity index (χ3n) is 1.59. The van der Waals surface area contributed by atoms with E-state index in [4.69, 9.17) is 0 Å². The lowest BCUT2D eigenvalue weighted by Gasteiger charge is -1.90. The second-order valence-corrected chi connectivity index (χ2v) is 2.54. The largest absolute Gasteiger partial charge is 0.345 e. The maximum atomic E-state index is 9.71. The molecule has 15 heavy (non-hydrogen) atoms. The number of aromatic nitrogens is 2. The molecule has 7 heteroatoms. The third kappa shape index (κ3) is 3.25. The molecule has 7 N–H and O–H groups in total. The molecule has 1 aromatic heterocycles. The second-order valence-electron chi connectivity index (χ2n) is 2.54. The molecule has 0 bridgehead atoms. The first-order valence-electron chi connectivity index (χ1n) is 4.13. The number of amides is 2. The zero-order chi connectivity index (χ0) is 11.1. The summed E-state index contributed by atoms with van der Waals surface area (Å²) in [5, 5.41) is 0. The van der Waals surface area contributed by atoms with Crippen molar-refractivity contribution < 1.29 is 4.79 Å². The molecule has 0 aliphatic rings. The van der Waals surface area contributed by atoms with Crippen LogP contribution in [0, 0.1) is 0 Å². The topological polar surface area (TPSA) is 122 Å². The number of aromatic amines is 1. The fourth-order valence-corrected chi connectivity index (χ4v) is 0.921. The number of hydrogen-bond acceptors (Lipinski definition) is 4. The van der Waals surface area contributed by atoms with Gasteiger partial charge in [0.15, 0.2) is 0 Å². The average molecular weight is 208 g/mol. The van der Waals surface area contributed by atoms with Gasteiger partial charge in [-0.2, -0.15) is 0 Å². The van der Waals surface area contributed by atoms with Crippen LogP contribution in [0.3, 0.4) is 0 Å². The van der Waals surface area contributed by atoms with Crippen molar-refractivity contribution in [2.75, 3.05) is 0 Å². The molecule has 2 amide bonds. The Hall–Kier alpha value is -2.12. The molecule has 0 unspecified atom stereocenters. The van der Waals surface area contributed by atoms with E-state index in [1.54, 1.807) is 17.2 Å². The quantitative estimate of drug-likeness (QED) is 0.229. The van der Waals surface area contributed by atoms with E-state index in [2.05, 4.69) is 21.7 Å². The summed E-state index contributed by atoms with van der Waals surface area (Å²) >= 11 is 0. The van der Waals surface area contributed by atoms with E-state index in [0.717, 1.165) is 11.0 Å². The Balaban J connectivity index is 0.000000167. The Labute approximate surface area is 85.8 Å². The number of nitrogens with one attached hydrogen (secondary N) is 3. The summed E-state index contributed by atoms with van der Waals surface area (Å²) in [7, 11) is 0. The number of carbonyl (C=O) groups excluding carboxylic acids is 1. The molecule has 80 valence electrons. The maximum absolute atomic E-state index is 9.71. The summed E-state index contributed by atoms with van der Waals surface area (Å²) in [4.78, 5) is 16.8. The standard InChI is InChI=1S/C7H6N2.CH6N4O/c1-2-4-7-6(3-1)8-5-9-7;2-4-1(6)5-3/h1-5H,(H,8,9);2-3H2,(H2,4,5,6). The Bertz CT molecular complexity index is 389. The highest BCUT2D eigenvalue weighted by Crippen LogP contribution is 2.05. The van der Waals surface area contributed by atoms with Crippen molar-refractivity contribution in [2.45, 2.75) is 0 Å². The monoisotopic (exact) mass is 208 g/mol. The van der Waals surface area contributed by atoms with Crippen LogP contribution in [0.1, 0.15) is 0 Å². The zero-order valence-corrected chi connectivity index (χ0v) is 7.90. The van der Waals surface area contributed by atoms with Crippen molar-refractivity contribution in [3.8, 4) is 0 Å². The van der Waals surface area contributed by atoms with E-state index in [1.807, 2.05) is 24.3 Å². The van der Waals surface area contributed by atoms with Crippen LogP contribution in [-0.2, 0) is 0 Å². The van der Waals surface area contributed by atoms with E-state index >= 15 is 0 Å². The van der Waals surface area contributed by atoms with Gasteiger partial charge in [0.05, 0.1) is 17.4 Å². The molecule has 0 atom stereocenters. The number of carbonyl (C=O) groups is 1. The van der Waals surface area contributed by atoms with Crippen molar-refractivity contribution in [3.63, 3.8) is 0 Å². The number of urea groups is 1. The number of nitrogens with zero attached hydrogens (tertiary/aromatic N) is 1. The predicted octanol–water partition coefficient (Wildman–Crippen LogP) is -0.404. The minimum Gasteiger partial charge on any atom is -0.345 e. The van der Waals surface area contributed by atoms with Gasteiger partial charge in [0.25, 0.3) is 0 Å². The van der Waals surface area contributed by atoms with Gasteiger partial charge >= 0.3 is 6.03 Å². The smallest absolute Gasteiger partial charge is 0.343 e. The number of nitrogens with two attached hydrogens (primary N) is 2. The lowest BCUT2D eigenvalue weighted by Crippen LogP contribution is -2.43. The van der Waals surface area contributed by atoms with Crippen LogP contribution < -0.4 is 22.5 Å². The van der Waals surface area contributed by atoms with Gasteiger partial charge in [-0.05, 0) is 12.1 Å². The molecule has 0 aliphatic heterocycles. The molecule has 0 saturated heterocycles. The number of fused-ring (bicyclic) bond motifs is 1. The molecule has 0 spiro atoms. The first-order valence-corrected chi connectivity index (χ1v) is 4.13. The third-order valence-corrected chi connectivity index (χ3v) is 1.59. The lowest BCUT2D eigenvalue weighted by molar-refractivity contribution is 0.241. The van der Waals surface area contributed by atoms with Gasteiger partial charge < -0.3 is 4.98 Å². The minimum atomic E-state index is -0.602. The molecule has 0 radical (unpaired) electrons.